The smallest absolute Gasteiger partial charge is 0.223 e. The van der Waals surface area contributed by atoms with Gasteiger partial charge in [-0.3, -0.25) is 4.79 Å². The summed E-state index contributed by atoms with van der Waals surface area (Å²) in [5.41, 5.74) is 0.617. The highest BCUT2D eigenvalue weighted by atomic mass is 16.5. The summed E-state index contributed by atoms with van der Waals surface area (Å²) < 4.78 is 10.3. The second-order valence-electron chi connectivity index (χ2n) is 3.60. The molecular weight excluding hydrogens is 220 g/mol. The summed E-state index contributed by atoms with van der Waals surface area (Å²) in [4.78, 5) is 15.2. The normalized spacial score (nSPS) is 10.2. The SMILES string of the molecule is CC(=O)c1cccc(OCc2noc(C)n2)c1. The molecule has 2 rings (SSSR count). The predicted molar refractivity (Wildman–Crippen MR) is 59.8 cm³/mol. The molecule has 0 spiro atoms. The summed E-state index contributed by atoms with van der Waals surface area (Å²) in [6.07, 6.45) is 0. The van der Waals surface area contributed by atoms with Gasteiger partial charge < -0.3 is 9.26 Å². The maximum absolute atomic E-state index is 11.2. The van der Waals surface area contributed by atoms with Crippen LogP contribution in [0.25, 0.3) is 0 Å². The number of hydrogen-bond acceptors (Lipinski definition) is 5. The van der Waals surface area contributed by atoms with Gasteiger partial charge in [0, 0.05) is 12.5 Å². The average Bonchev–Trinajstić information content (AvgIpc) is 2.73. The van der Waals surface area contributed by atoms with Crippen LogP contribution in [0.3, 0.4) is 0 Å². The Morgan fingerprint density at radius 1 is 1.47 bits per heavy atom. The minimum Gasteiger partial charge on any atom is -0.485 e. The minimum atomic E-state index is 0.00542. The molecule has 0 amide bonds. The highest BCUT2D eigenvalue weighted by Gasteiger charge is 2.04. The molecular formula is C12H12N2O3. The molecule has 5 heteroatoms. The van der Waals surface area contributed by atoms with Gasteiger partial charge in [-0.1, -0.05) is 17.3 Å². The van der Waals surface area contributed by atoms with Gasteiger partial charge in [0.25, 0.3) is 0 Å². The minimum absolute atomic E-state index is 0.00542. The third-order valence-corrected chi connectivity index (χ3v) is 2.18. The van der Waals surface area contributed by atoms with E-state index in [2.05, 4.69) is 10.1 Å². The number of carbonyl (C=O) groups excluding carboxylic acids is 1. The maximum Gasteiger partial charge on any atom is 0.223 e. The van der Waals surface area contributed by atoms with Gasteiger partial charge in [-0.25, -0.2) is 0 Å². The Morgan fingerprint density at radius 3 is 2.94 bits per heavy atom. The van der Waals surface area contributed by atoms with Crippen LogP contribution in [-0.4, -0.2) is 15.9 Å². The van der Waals surface area contributed by atoms with Gasteiger partial charge in [0.1, 0.15) is 5.75 Å². The number of carbonyl (C=O) groups is 1. The van der Waals surface area contributed by atoms with Gasteiger partial charge in [0.2, 0.25) is 11.7 Å². The first-order valence-electron chi connectivity index (χ1n) is 5.18. The summed E-state index contributed by atoms with van der Waals surface area (Å²) >= 11 is 0. The van der Waals surface area contributed by atoms with Crippen molar-refractivity contribution >= 4 is 5.78 Å². The molecule has 2 aromatic rings. The van der Waals surface area contributed by atoms with Crippen molar-refractivity contribution < 1.29 is 14.1 Å². The molecule has 1 heterocycles. The molecule has 0 aliphatic carbocycles. The van der Waals surface area contributed by atoms with Crippen LogP contribution in [0.15, 0.2) is 28.8 Å². The van der Waals surface area contributed by atoms with E-state index in [0.29, 0.717) is 23.0 Å². The van der Waals surface area contributed by atoms with Crippen LogP contribution in [0.4, 0.5) is 0 Å². The second kappa shape index (κ2) is 4.78. The van der Waals surface area contributed by atoms with E-state index in [4.69, 9.17) is 9.26 Å². The van der Waals surface area contributed by atoms with Crippen molar-refractivity contribution in [3.63, 3.8) is 0 Å². The monoisotopic (exact) mass is 232 g/mol. The lowest BCUT2D eigenvalue weighted by molar-refractivity contribution is 0.101. The van der Waals surface area contributed by atoms with Crippen LogP contribution in [-0.2, 0) is 6.61 Å². The Labute approximate surface area is 98.4 Å². The fourth-order valence-corrected chi connectivity index (χ4v) is 1.35. The second-order valence-corrected chi connectivity index (χ2v) is 3.60. The van der Waals surface area contributed by atoms with E-state index in [-0.39, 0.29) is 12.4 Å². The van der Waals surface area contributed by atoms with Gasteiger partial charge in [-0.05, 0) is 19.1 Å². The largest absolute Gasteiger partial charge is 0.485 e. The van der Waals surface area contributed by atoms with Gasteiger partial charge in [-0.15, -0.1) is 0 Å². The van der Waals surface area contributed by atoms with Crippen LogP contribution >= 0.6 is 0 Å². The number of aromatic nitrogens is 2. The Bertz CT molecular complexity index is 534. The fourth-order valence-electron chi connectivity index (χ4n) is 1.35. The zero-order chi connectivity index (χ0) is 12.3. The van der Waals surface area contributed by atoms with Crippen molar-refractivity contribution in [2.24, 2.45) is 0 Å². The van der Waals surface area contributed by atoms with Crippen molar-refractivity contribution in [3.05, 3.63) is 41.5 Å². The number of rotatable bonds is 4. The number of ether oxygens (including phenoxy) is 1. The highest BCUT2D eigenvalue weighted by Crippen LogP contribution is 2.14. The Hall–Kier alpha value is -2.17. The van der Waals surface area contributed by atoms with Crippen LogP contribution in [0.1, 0.15) is 29.0 Å². The highest BCUT2D eigenvalue weighted by molar-refractivity contribution is 5.94. The topological polar surface area (TPSA) is 65.2 Å². The van der Waals surface area contributed by atoms with Crippen molar-refractivity contribution in [1.29, 1.82) is 0 Å². The van der Waals surface area contributed by atoms with Gasteiger partial charge in [0.15, 0.2) is 12.4 Å². The number of benzene rings is 1. The molecule has 0 radical (unpaired) electrons. The summed E-state index contributed by atoms with van der Waals surface area (Å²) in [6.45, 7) is 3.45. The van der Waals surface area contributed by atoms with E-state index in [1.165, 1.54) is 6.92 Å². The molecule has 1 aromatic carbocycles. The lowest BCUT2D eigenvalue weighted by Gasteiger charge is -2.04. The standard InChI is InChI=1S/C12H12N2O3/c1-8(15)10-4-3-5-11(6-10)16-7-12-13-9(2)17-14-12/h3-6H,7H2,1-2H3. The number of hydrogen-bond donors (Lipinski definition) is 0. The lowest BCUT2D eigenvalue weighted by atomic mass is 10.1. The Balaban J connectivity index is 2.04. The molecule has 0 fully saturated rings. The van der Waals surface area contributed by atoms with Crippen LogP contribution < -0.4 is 4.74 Å². The van der Waals surface area contributed by atoms with Gasteiger partial charge >= 0.3 is 0 Å². The molecule has 88 valence electrons. The third kappa shape index (κ3) is 2.90. The zero-order valence-corrected chi connectivity index (χ0v) is 9.64. The maximum atomic E-state index is 11.2. The molecule has 0 bridgehead atoms. The van der Waals surface area contributed by atoms with E-state index >= 15 is 0 Å². The first-order chi connectivity index (χ1) is 8.15. The molecule has 0 aliphatic rings. The van der Waals surface area contributed by atoms with Crippen molar-refractivity contribution in [2.75, 3.05) is 0 Å². The summed E-state index contributed by atoms with van der Waals surface area (Å²) in [5.74, 6) is 1.60. The summed E-state index contributed by atoms with van der Waals surface area (Å²) in [7, 11) is 0. The Morgan fingerprint density at radius 2 is 2.29 bits per heavy atom. The number of nitrogens with zero attached hydrogens (tertiary/aromatic N) is 2. The molecule has 0 N–H and O–H groups in total. The van der Waals surface area contributed by atoms with E-state index in [1.54, 1.807) is 31.2 Å². The molecule has 0 unspecified atom stereocenters. The molecule has 0 saturated heterocycles. The molecule has 0 aliphatic heterocycles. The average molecular weight is 232 g/mol. The lowest BCUT2D eigenvalue weighted by Crippen LogP contribution is -1.99. The Kier molecular flexibility index (Phi) is 3.18. The van der Waals surface area contributed by atoms with Crippen LogP contribution in [0, 0.1) is 6.92 Å². The van der Waals surface area contributed by atoms with E-state index in [1.807, 2.05) is 0 Å². The number of Topliss-reactive ketones (excluding diaryl/α,β-unsaturated/α-hetero) is 1. The summed E-state index contributed by atoms with van der Waals surface area (Å²) in [5, 5.41) is 3.71. The molecule has 1 aromatic heterocycles. The molecule has 0 atom stereocenters. The van der Waals surface area contributed by atoms with Crippen LogP contribution in [0.2, 0.25) is 0 Å². The molecule has 0 saturated carbocycles. The third-order valence-electron chi connectivity index (χ3n) is 2.18. The van der Waals surface area contributed by atoms with E-state index < -0.39 is 0 Å². The van der Waals surface area contributed by atoms with Crippen molar-refractivity contribution in [2.45, 2.75) is 20.5 Å². The summed E-state index contributed by atoms with van der Waals surface area (Å²) in [6, 6.07) is 6.98. The van der Waals surface area contributed by atoms with Gasteiger partial charge in [0.05, 0.1) is 0 Å². The fraction of sp³-hybridized carbons (Fsp3) is 0.250. The molecule has 17 heavy (non-hydrogen) atoms. The number of ketones is 1. The number of aryl methyl sites for hydroxylation is 1. The first kappa shape index (κ1) is 11.3. The van der Waals surface area contributed by atoms with Crippen molar-refractivity contribution in [1.82, 2.24) is 10.1 Å². The quantitative estimate of drug-likeness (QED) is 0.756. The van der Waals surface area contributed by atoms with Crippen LogP contribution in [0.5, 0.6) is 5.75 Å². The van der Waals surface area contributed by atoms with Gasteiger partial charge in [-0.2, -0.15) is 4.98 Å². The van der Waals surface area contributed by atoms with E-state index in [0.717, 1.165) is 0 Å². The van der Waals surface area contributed by atoms with Crippen molar-refractivity contribution in [3.8, 4) is 5.75 Å². The molecule has 5 nitrogen and oxygen atoms in total. The van der Waals surface area contributed by atoms with E-state index in [9.17, 15) is 4.79 Å². The first-order valence-corrected chi connectivity index (χ1v) is 5.18. The zero-order valence-electron chi connectivity index (χ0n) is 9.64. The predicted octanol–water partition coefficient (Wildman–Crippen LogP) is 2.16.